The molecule has 0 aliphatic carbocycles. The van der Waals surface area contributed by atoms with Gasteiger partial charge in [0.2, 0.25) is 0 Å². The lowest BCUT2D eigenvalue weighted by Gasteiger charge is -2.19. The summed E-state index contributed by atoms with van der Waals surface area (Å²) in [6, 6.07) is 16.3. The second kappa shape index (κ2) is 11.4. The van der Waals surface area contributed by atoms with Crippen molar-refractivity contribution in [2.24, 2.45) is 0 Å². The Labute approximate surface area is 174 Å². The fraction of sp³-hybridized carbons (Fsp3) is 0.318. The molecule has 0 aliphatic heterocycles. The summed E-state index contributed by atoms with van der Waals surface area (Å²) < 4.78 is 18.7. The quantitative estimate of drug-likeness (QED) is 0.481. The van der Waals surface area contributed by atoms with E-state index in [4.69, 9.17) is 14.2 Å². The van der Waals surface area contributed by atoms with Crippen LogP contribution in [0.1, 0.15) is 25.1 Å². The van der Waals surface area contributed by atoms with Crippen LogP contribution in [0.2, 0.25) is 0 Å². The van der Waals surface area contributed by atoms with E-state index in [9.17, 15) is 0 Å². The third-order valence-corrected chi connectivity index (χ3v) is 4.51. The number of aromatic nitrogens is 2. The van der Waals surface area contributed by atoms with E-state index >= 15 is 0 Å². The van der Waals surface area contributed by atoms with E-state index in [1.807, 2.05) is 41.4 Å². The van der Waals surface area contributed by atoms with Crippen LogP contribution in [0, 0.1) is 0 Å². The van der Waals surface area contributed by atoms with Crippen molar-refractivity contribution >= 4 is 0 Å². The minimum Gasteiger partial charge on any atom is -1.00 e. The number of ether oxygens (including phenoxy) is 3. The van der Waals surface area contributed by atoms with E-state index in [0.29, 0.717) is 6.61 Å². The molecular formula is C22H27ClN2O3. The molecule has 0 saturated heterocycles. The number of rotatable bonds is 10. The third-order valence-electron chi connectivity index (χ3n) is 4.51. The van der Waals surface area contributed by atoms with Crippen molar-refractivity contribution in [3.63, 3.8) is 0 Å². The van der Waals surface area contributed by atoms with Crippen LogP contribution in [0.25, 0.3) is 0 Å². The van der Waals surface area contributed by atoms with E-state index in [2.05, 4.69) is 29.2 Å². The number of aryl methyl sites for hydroxylation is 1. The molecule has 1 atom stereocenters. The fourth-order valence-electron chi connectivity index (χ4n) is 2.95. The second-order valence-corrected chi connectivity index (χ2v) is 6.34. The normalized spacial score (nSPS) is 11.5. The topological polar surface area (TPSA) is 45.5 Å². The zero-order chi connectivity index (χ0) is 18.9. The van der Waals surface area contributed by atoms with E-state index in [1.54, 1.807) is 20.4 Å². The predicted octanol–water partition coefficient (Wildman–Crippen LogP) is 1.41. The van der Waals surface area contributed by atoms with Crippen LogP contribution in [0.5, 0.6) is 11.5 Å². The first kappa shape index (κ1) is 21.8. The fourth-order valence-corrected chi connectivity index (χ4v) is 2.95. The smallest absolute Gasteiger partial charge is 1.00 e. The Balaban J connectivity index is 0.00000210. The Morgan fingerprint density at radius 1 is 0.964 bits per heavy atom. The molecule has 3 aromatic rings. The number of hydrogen-bond acceptors (Lipinski definition) is 4. The molecule has 28 heavy (non-hydrogen) atoms. The first-order chi connectivity index (χ1) is 13.3. The number of halogens is 1. The minimum atomic E-state index is -0.0269. The van der Waals surface area contributed by atoms with Crippen molar-refractivity contribution in [3.05, 3.63) is 78.4 Å². The molecule has 1 heterocycles. The summed E-state index contributed by atoms with van der Waals surface area (Å²) in [5.41, 5.74) is 2.42. The van der Waals surface area contributed by atoms with Gasteiger partial charge in [0.25, 0.3) is 0 Å². The van der Waals surface area contributed by atoms with Gasteiger partial charge in [0.05, 0.1) is 27.1 Å². The van der Waals surface area contributed by atoms with Gasteiger partial charge >= 0.3 is 1.43 Å². The van der Waals surface area contributed by atoms with E-state index in [-0.39, 0.29) is 19.9 Å². The highest BCUT2D eigenvalue weighted by atomic mass is 35.5. The predicted molar refractivity (Wildman–Crippen MR) is 106 cm³/mol. The number of nitrogens with zero attached hydrogens (tertiary/aromatic N) is 2. The largest absolute Gasteiger partial charge is 1.00 e. The summed E-state index contributed by atoms with van der Waals surface area (Å²) in [5, 5.41) is 0. The number of benzene rings is 2. The molecule has 2 aromatic carbocycles. The molecule has 0 saturated carbocycles. The average molecular weight is 403 g/mol. The van der Waals surface area contributed by atoms with Crippen molar-refractivity contribution in [1.29, 1.82) is 0 Å². The van der Waals surface area contributed by atoms with Crippen molar-refractivity contribution in [2.45, 2.75) is 25.5 Å². The summed E-state index contributed by atoms with van der Waals surface area (Å²) in [7, 11) is 3.36. The summed E-state index contributed by atoms with van der Waals surface area (Å²) in [6.45, 7) is 1.42. The molecule has 0 amide bonds. The lowest BCUT2D eigenvalue weighted by molar-refractivity contribution is -0.00000874. The highest BCUT2D eigenvalue weighted by Gasteiger charge is 2.13. The monoisotopic (exact) mass is 402 g/mol. The molecule has 0 radical (unpaired) electrons. The van der Waals surface area contributed by atoms with Crippen LogP contribution >= 0.6 is 0 Å². The van der Waals surface area contributed by atoms with Crippen LogP contribution in [0.4, 0.5) is 0 Å². The maximum absolute atomic E-state index is 6.23. The molecule has 0 bridgehead atoms. The van der Waals surface area contributed by atoms with Crippen LogP contribution < -0.4 is 21.9 Å². The van der Waals surface area contributed by atoms with Gasteiger partial charge in [-0.3, -0.25) is 0 Å². The van der Waals surface area contributed by atoms with Crippen LogP contribution in [-0.2, 0) is 17.7 Å². The molecule has 6 heteroatoms. The van der Waals surface area contributed by atoms with Gasteiger partial charge in [-0.15, -0.1) is 0 Å². The van der Waals surface area contributed by atoms with Crippen molar-refractivity contribution < 1.29 is 28.0 Å². The molecule has 0 fully saturated rings. The van der Waals surface area contributed by atoms with Gasteiger partial charge in [-0.05, 0) is 48.2 Å². The first-order valence-electron chi connectivity index (χ1n) is 9.12. The summed E-state index contributed by atoms with van der Waals surface area (Å²) in [5.74, 6) is 1.73. The molecular weight excluding hydrogens is 376 g/mol. The van der Waals surface area contributed by atoms with Crippen molar-refractivity contribution in [1.82, 2.24) is 9.55 Å². The van der Waals surface area contributed by atoms with Crippen molar-refractivity contribution in [2.75, 3.05) is 20.8 Å². The van der Waals surface area contributed by atoms with Crippen LogP contribution in [-0.4, -0.2) is 30.4 Å². The Kier molecular flexibility index (Phi) is 8.85. The van der Waals surface area contributed by atoms with Gasteiger partial charge in [0.15, 0.2) is 0 Å². The van der Waals surface area contributed by atoms with Gasteiger partial charge in [0.1, 0.15) is 17.6 Å². The van der Waals surface area contributed by atoms with Crippen LogP contribution in [0.3, 0.4) is 0 Å². The number of hydrogen-bond donors (Lipinski definition) is 0. The average Bonchev–Trinajstić information content (AvgIpc) is 3.24. The van der Waals surface area contributed by atoms with Gasteiger partial charge in [-0.1, -0.05) is 24.3 Å². The van der Waals surface area contributed by atoms with Crippen LogP contribution in [0.15, 0.2) is 67.3 Å². The number of methoxy groups -OCH3 is 2. The lowest BCUT2D eigenvalue weighted by Crippen LogP contribution is -3.00. The van der Waals surface area contributed by atoms with E-state index < -0.39 is 0 Å². The Hall–Kier alpha value is -2.50. The second-order valence-electron chi connectivity index (χ2n) is 6.34. The summed E-state index contributed by atoms with van der Waals surface area (Å²) >= 11 is 0. The summed E-state index contributed by atoms with van der Waals surface area (Å²) in [4.78, 5) is 4.12. The number of imidazole rings is 1. The molecule has 1 unspecified atom stereocenters. The standard InChI is InChI=1S/C22H26N2O3.ClH/c1-25-20-9-5-18(6-10-20)4-3-15-27-22(16-24-14-13-23-17-24)19-7-11-21(26-2)12-8-19;/h5-14,17,22H,3-4,15-16H2,1-2H3;1H. The molecule has 0 spiro atoms. The van der Waals surface area contributed by atoms with E-state index in [0.717, 1.165) is 36.4 Å². The molecule has 0 aliphatic rings. The highest BCUT2D eigenvalue weighted by Crippen LogP contribution is 2.23. The minimum absolute atomic E-state index is 0. The molecule has 3 rings (SSSR count). The molecule has 5 nitrogen and oxygen atoms in total. The van der Waals surface area contributed by atoms with Gasteiger partial charge < -0.3 is 31.2 Å². The molecule has 150 valence electrons. The molecule has 1 aromatic heterocycles. The first-order valence-corrected chi connectivity index (χ1v) is 9.12. The Morgan fingerprint density at radius 2 is 1.61 bits per heavy atom. The maximum Gasteiger partial charge on any atom is 1.00 e. The highest BCUT2D eigenvalue weighted by molar-refractivity contribution is 5.29. The van der Waals surface area contributed by atoms with Gasteiger partial charge in [-0.25, -0.2) is 4.98 Å². The summed E-state index contributed by atoms with van der Waals surface area (Å²) in [6.07, 6.45) is 7.47. The van der Waals surface area contributed by atoms with E-state index in [1.165, 1.54) is 5.56 Å². The van der Waals surface area contributed by atoms with Gasteiger partial charge in [0, 0.05) is 19.0 Å². The Morgan fingerprint density at radius 3 is 2.18 bits per heavy atom. The Bertz CT molecular complexity index is 796. The van der Waals surface area contributed by atoms with Crippen molar-refractivity contribution in [3.8, 4) is 11.5 Å². The third kappa shape index (κ3) is 6.29. The zero-order valence-corrected chi connectivity index (χ0v) is 17.0. The van der Waals surface area contributed by atoms with Gasteiger partial charge in [-0.2, -0.15) is 0 Å². The maximum atomic E-state index is 6.23. The molecule has 0 N–H and O–H groups in total. The SMILES string of the molecule is COc1ccc(CCCOC(Cn2ccnc2)c2ccc(OC)cc2)cc1.[Cl-].[H+]. The lowest BCUT2D eigenvalue weighted by atomic mass is 10.1. The zero-order valence-electron chi connectivity index (χ0n) is 17.3.